The lowest BCUT2D eigenvalue weighted by Crippen LogP contribution is -2.40. The summed E-state index contributed by atoms with van der Waals surface area (Å²) in [7, 11) is 2.00. The number of guanidine groups is 1. The maximum absolute atomic E-state index is 6.17. The maximum Gasteiger partial charge on any atom is 0.202 e. The highest BCUT2D eigenvalue weighted by atomic mass is 16.5. The highest BCUT2D eigenvalue weighted by Crippen LogP contribution is 2.21. The Labute approximate surface area is 219 Å². The second kappa shape index (κ2) is 12.2. The van der Waals surface area contributed by atoms with Crippen LogP contribution in [0.25, 0.3) is 12.2 Å². The van der Waals surface area contributed by atoms with Crippen LogP contribution in [0.4, 0.5) is 5.82 Å². The van der Waals surface area contributed by atoms with Crippen molar-refractivity contribution in [3.63, 3.8) is 0 Å². The fraction of sp³-hybridized carbons (Fsp3) is 0.300. The van der Waals surface area contributed by atoms with Crippen LogP contribution in [0.3, 0.4) is 0 Å². The Hall–Kier alpha value is -4.13. The molecule has 192 valence electrons. The fourth-order valence-corrected chi connectivity index (χ4v) is 3.95. The smallest absolute Gasteiger partial charge is 0.202 e. The molecular weight excluding hydrogens is 460 g/mol. The van der Waals surface area contributed by atoms with E-state index in [0.29, 0.717) is 12.2 Å². The van der Waals surface area contributed by atoms with Gasteiger partial charge in [0.25, 0.3) is 0 Å². The van der Waals surface area contributed by atoms with Crippen LogP contribution in [0.2, 0.25) is 0 Å². The molecule has 37 heavy (non-hydrogen) atoms. The van der Waals surface area contributed by atoms with Gasteiger partial charge >= 0.3 is 0 Å². The molecule has 0 saturated heterocycles. The van der Waals surface area contributed by atoms with E-state index in [4.69, 9.17) is 9.72 Å². The number of anilines is 1. The lowest BCUT2D eigenvalue weighted by Gasteiger charge is -2.29. The molecule has 1 aliphatic heterocycles. The van der Waals surface area contributed by atoms with E-state index in [-0.39, 0.29) is 0 Å². The van der Waals surface area contributed by atoms with Crippen molar-refractivity contribution in [1.29, 1.82) is 0 Å². The van der Waals surface area contributed by atoms with E-state index in [9.17, 15) is 0 Å². The second-order valence-corrected chi connectivity index (χ2v) is 9.08. The van der Waals surface area contributed by atoms with E-state index in [2.05, 4.69) is 65.0 Å². The van der Waals surface area contributed by atoms with Gasteiger partial charge in [0.05, 0.1) is 5.35 Å². The Balaban J connectivity index is 1.47. The Bertz CT molecular complexity index is 1390. The fourth-order valence-electron chi connectivity index (χ4n) is 3.95. The summed E-state index contributed by atoms with van der Waals surface area (Å²) in [4.78, 5) is 15.9. The van der Waals surface area contributed by atoms with Gasteiger partial charge in [-0.2, -0.15) is 0 Å². The predicted octanol–water partition coefficient (Wildman–Crippen LogP) is 4.37. The summed E-state index contributed by atoms with van der Waals surface area (Å²) in [6.45, 7) is 13.3. The number of nitrogens with zero attached hydrogens (tertiary/aromatic N) is 4. The van der Waals surface area contributed by atoms with E-state index < -0.39 is 0 Å². The second-order valence-electron chi connectivity index (χ2n) is 9.08. The molecule has 2 aromatic rings. The summed E-state index contributed by atoms with van der Waals surface area (Å²) < 4.78 is 6.17. The van der Waals surface area contributed by atoms with Crippen LogP contribution in [0.15, 0.2) is 83.6 Å². The highest BCUT2D eigenvalue weighted by Gasteiger charge is 2.19. The summed E-state index contributed by atoms with van der Waals surface area (Å²) >= 11 is 0. The first-order chi connectivity index (χ1) is 18.0. The highest BCUT2D eigenvalue weighted by molar-refractivity contribution is 5.84. The van der Waals surface area contributed by atoms with E-state index >= 15 is 0 Å². The molecule has 1 aliphatic carbocycles. The van der Waals surface area contributed by atoms with E-state index in [1.54, 1.807) is 6.20 Å². The number of pyridine rings is 2. The molecular formula is C30H36N6O. The van der Waals surface area contributed by atoms with E-state index in [1.807, 2.05) is 43.3 Å². The molecule has 0 spiro atoms. The molecule has 2 aliphatic rings. The number of ether oxygens (including phenoxy) is 1. The van der Waals surface area contributed by atoms with Crippen LogP contribution in [0.5, 0.6) is 5.75 Å². The molecule has 0 aromatic carbocycles. The predicted molar refractivity (Wildman–Crippen MR) is 152 cm³/mol. The molecule has 0 fully saturated rings. The minimum absolute atomic E-state index is 0.687. The average Bonchev–Trinajstić information content (AvgIpc) is 3.09. The minimum atomic E-state index is 0.687. The first-order valence-corrected chi connectivity index (χ1v) is 12.9. The number of fused-ring (bicyclic) bond motifs is 1. The van der Waals surface area contributed by atoms with Gasteiger partial charge in [-0.3, -0.25) is 9.98 Å². The normalized spacial score (nSPS) is 15.9. The summed E-state index contributed by atoms with van der Waals surface area (Å²) in [6, 6.07) is 7.89. The van der Waals surface area contributed by atoms with Crippen molar-refractivity contribution in [3.8, 4) is 5.75 Å². The van der Waals surface area contributed by atoms with Gasteiger partial charge in [0.1, 0.15) is 17.3 Å². The third kappa shape index (κ3) is 6.76. The number of hydrogen-bond donors (Lipinski definition) is 2. The van der Waals surface area contributed by atoms with Crippen molar-refractivity contribution in [3.05, 3.63) is 94.9 Å². The molecule has 3 heterocycles. The number of likely N-dealkylation sites (N-methyl/N-ethyl adjacent to an activating group) is 1. The number of unbranched alkanes of at least 4 members (excludes halogenated alkanes) is 1. The van der Waals surface area contributed by atoms with Crippen molar-refractivity contribution in [1.82, 2.24) is 20.2 Å². The molecule has 0 saturated carbocycles. The standard InChI is InChI=1S/C30H36N6O/c1-6-8-15-32-30-33-20-24(22(4)36(30)5)17-25-13-12-23-18-26(10-9-11-28(23)35-25)37-27-14-16-31-29(19-27)34-21(3)7-2/h10-14,16,18-20H,3-4,6-9,15,17H2,1-2,5H3,(H,31,34)(H,32,33). The molecule has 0 unspecified atom stereocenters. The molecule has 0 atom stereocenters. The van der Waals surface area contributed by atoms with Crippen LogP contribution in [-0.2, 0) is 6.42 Å². The monoisotopic (exact) mass is 496 g/mol. The van der Waals surface area contributed by atoms with Gasteiger partial charge in [-0.05, 0) is 49.1 Å². The Kier molecular flexibility index (Phi) is 8.56. The van der Waals surface area contributed by atoms with Crippen molar-refractivity contribution >= 4 is 23.9 Å². The number of hydrogen-bond acceptors (Lipinski definition) is 5. The Morgan fingerprint density at radius 3 is 2.92 bits per heavy atom. The summed E-state index contributed by atoms with van der Waals surface area (Å²) in [5.41, 5.74) is 3.93. The van der Waals surface area contributed by atoms with Crippen LogP contribution < -0.4 is 25.9 Å². The molecule has 2 aromatic heterocycles. The van der Waals surface area contributed by atoms with Crippen LogP contribution in [0, 0.1) is 0 Å². The van der Waals surface area contributed by atoms with Gasteiger partial charge in [-0.25, -0.2) is 4.98 Å². The zero-order valence-corrected chi connectivity index (χ0v) is 22.1. The molecule has 7 heteroatoms. The summed E-state index contributed by atoms with van der Waals surface area (Å²) in [5.74, 6) is 3.05. The third-order valence-electron chi connectivity index (χ3n) is 6.26. The maximum atomic E-state index is 6.17. The van der Waals surface area contributed by atoms with Crippen molar-refractivity contribution in [2.75, 3.05) is 18.9 Å². The van der Waals surface area contributed by atoms with Crippen LogP contribution >= 0.6 is 0 Å². The van der Waals surface area contributed by atoms with E-state index in [0.717, 1.165) is 83.0 Å². The van der Waals surface area contributed by atoms with Crippen LogP contribution in [-0.4, -0.2) is 34.4 Å². The van der Waals surface area contributed by atoms with Crippen molar-refractivity contribution < 1.29 is 4.74 Å². The Morgan fingerprint density at radius 1 is 1.24 bits per heavy atom. The lowest BCUT2D eigenvalue weighted by molar-refractivity contribution is 0.451. The van der Waals surface area contributed by atoms with Gasteiger partial charge in [0.15, 0.2) is 0 Å². The summed E-state index contributed by atoms with van der Waals surface area (Å²) in [6.07, 6.45) is 14.4. The average molecular weight is 497 g/mol. The van der Waals surface area contributed by atoms with Crippen molar-refractivity contribution in [2.45, 2.75) is 46.0 Å². The minimum Gasteiger partial charge on any atom is -0.457 e. The number of rotatable bonds is 10. The van der Waals surface area contributed by atoms with Crippen molar-refractivity contribution in [2.24, 2.45) is 4.99 Å². The van der Waals surface area contributed by atoms with Gasteiger partial charge in [0, 0.05) is 60.8 Å². The largest absolute Gasteiger partial charge is 0.457 e. The third-order valence-corrected chi connectivity index (χ3v) is 6.26. The first kappa shape index (κ1) is 25.9. The SMILES string of the molecule is C=C(CC)Nc1cc(OC2=CCC=c3nc(CC4=CNC(=NCCCC)N(C)C4=C)ccc3=C2)ccn1. The quantitative estimate of drug-likeness (QED) is 0.476. The molecule has 0 bridgehead atoms. The van der Waals surface area contributed by atoms with Gasteiger partial charge in [-0.1, -0.05) is 45.6 Å². The first-order valence-electron chi connectivity index (χ1n) is 12.9. The number of nitrogens with one attached hydrogen (secondary N) is 2. The summed E-state index contributed by atoms with van der Waals surface area (Å²) in [5, 5.41) is 8.50. The topological polar surface area (TPSA) is 74.7 Å². The molecule has 0 amide bonds. The Morgan fingerprint density at radius 2 is 2.11 bits per heavy atom. The zero-order chi connectivity index (χ0) is 26.2. The van der Waals surface area contributed by atoms with Gasteiger partial charge < -0.3 is 20.3 Å². The zero-order valence-electron chi connectivity index (χ0n) is 22.1. The molecule has 4 rings (SSSR count). The number of aliphatic imine (C=N–C) groups is 1. The number of allylic oxidation sites excluding steroid dienone is 4. The molecule has 7 nitrogen and oxygen atoms in total. The van der Waals surface area contributed by atoms with Crippen LogP contribution in [0.1, 0.15) is 45.2 Å². The van der Waals surface area contributed by atoms with E-state index in [1.165, 1.54) is 0 Å². The lowest BCUT2D eigenvalue weighted by atomic mass is 10.1. The molecule has 2 N–H and O–H groups in total. The van der Waals surface area contributed by atoms with Gasteiger partial charge in [-0.15, -0.1) is 0 Å². The van der Waals surface area contributed by atoms with Gasteiger partial charge in [0.2, 0.25) is 5.96 Å². The number of aromatic nitrogens is 2. The molecule has 0 radical (unpaired) electrons.